The molecule has 0 atom stereocenters. The standard InChI is InChI=1S/C24H19FN2O3/c1-26(18-8-4-3-5-9-18)22-21(16-11-13-20(30-2)14-12-16)23(28)27(24(22)29)19-10-6-7-17(25)15-19/h3-15H,1-2H3. The molecule has 0 radical (unpaired) electrons. The van der Waals surface area contributed by atoms with Crippen LogP contribution in [-0.2, 0) is 9.59 Å². The number of hydrogen-bond acceptors (Lipinski definition) is 4. The topological polar surface area (TPSA) is 49.9 Å². The van der Waals surface area contributed by atoms with E-state index in [1.807, 2.05) is 30.3 Å². The zero-order valence-corrected chi connectivity index (χ0v) is 16.5. The lowest BCUT2D eigenvalue weighted by atomic mass is 10.0. The fourth-order valence-electron chi connectivity index (χ4n) is 3.48. The van der Waals surface area contributed by atoms with Gasteiger partial charge in [-0.1, -0.05) is 36.4 Å². The second-order valence-corrected chi connectivity index (χ2v) is 6.77. The second-order valence-electron chi connectivity index (χ2n) is 6.77. The minimum atomic E-state index is -0.524. The van der Waals surface area contributed by atoms with Crippen molar-refractivity contribution in [2.24, 2.45) is 0 Å². The number of ether oxygens (including phenoxy) is 1. The van der Waals surface area contributed by atoms with Crippen molar-refractivity contribution in [2.75, 3.05) is 24.0 Å². The molecule has 0 bridgehead atoms. The van der Waals surface area contributed by atoms with Gasteiger partial charge in [0, 0.05) is 12.7 Å². The quantitative estimate of drug-likeness (QED) is 0.599. The number of halogens is 1. The van der Waals surface area contributed by atoms with E-state index in [2.05, 4.69) is 0 Å². The van der Waals surface area contributed by atoms with Crippen LogP contribution in [0.25, 0.3) is 5.57 Å². The maximum Gasteiger partial charge on any atom is 0.282 e. The van der Waals surface area contributed by atoms with E-state index in [-0.39, 0.29) is 17.0 Å². The van der Waals surface area contributed by atoms with Crippen LogP contribution in [0.3, 0.4) is 0 Å². The van der Waals surface area contributed by atoms with Crippen LogP contribution >= 0.6 is 0 Å². The molecule has 0 saturated heterocycles. The Balaban J connectivity index is 1.87. The minimum Gasteiger partial charge on any atom is -0.497 e. The van der Waals surface area contributed by atoms with Crippen LogP contribution in [0, 0.1) is 5.82 Å². The van der Waals surface area contributed by atoms with Crippen molar-refractivity contribution < 1.29 is 18.7 Å². The lowest BCUT2D eigenvalue weighted by Gasteiger charge is -2.21. The zero-order valence-electron chi connectivity index (χ0n) is 16.5. The molecule has 0 unspecified atom stereocenters. The predicted octanol–water partition coefficient (Wildman–Crippen LogP) is 4.26. The summed E-state index contributed by atoms with van der Waals surface area (Å²) < 4.78 is 19.0. The number of para-hydroxylation sites is 1. The highest BCUT2D eigenvalue weighted by molar-refractivity contribution is 6.46. The summed E-state index contributed by atoms with van der Waals surface area (Å²) in [6.45, 7) is 0. The van der Waals surface area contributed by atoms with Crippen molar-refractivity contribution in [3.05, 3.63) is 95.9 Å². The number of amides is 2. The Morgan fingerprint density at radius 1 is 0.867 bits per heavy atom. The van der Waals surface area contributed by atoms with Gasteiger partial charge in [-0.3, -0.25) is 9.59 Å². The number of carbonyl (C=O) groups is 2. The zero-order chi connectivity index (χ0) is 21.3. The van der Waals surface area contributed by atoms with E-state index in [4.69, 9.17) is 4.74 Å². The molecular formula is C24H19FN2O3. The molecule has 150 valence electrons. The van der Waals surface area contributed by atoms with Gasteiger partial charge in [0.05, 0.1) is 18.4 Å². The maximum absolute atomic E-state index is 13.8. The molecule has 0 aliphatic carbocycles. The van der Waals surface area contributed by atoms with Crippen molar-refractivity contribution in [1.82, 2.24) is 0 Å². The highest BCUT2D eigenvalue weighted by Gasteiger charge is 2.42. The Bertz CT molecular complexity index is 1140. The molecule has 6 heteroatoms. The van der Waals surface area contributed by atoms with Gasteiger partial charge in [0.2, 0.25) is 0 Å². The van der Waals surface area contributed by atoms with Crippen molar-refractivity contribution >= 4 is 28.8 Å². The maximum atomic E-state index is 13.8. The summed E-state index contributed by atoms with van der Waals surface area (Å²) in [5, 5.41) is 0. The number of methoxy groups -OCH3 is 1. The van der Waals surface area contributed by atoms with Crippen molar-refractivity contribution in [3.63, 3.8) is 0 Å². The van der Waals surface area contributed by atoms with E-state index in [1.54, 1.807) is 43.3 Å². The second kappa shape index (κ2) is 7.83. The van der Waals surface area contributed by atoms with Gasteiger partial charge in [-0.05, 0) is 48.0 Å². The van der Waals surface area contributed by atoms with Crippen LogP contribution < -0.4 is 14.5 Å². The molecule has 0 fully saturated rings. The molecule has 0 spiro atoms. The Morgan fingerprint density at radius 2 is 1.57 bits per heavy atom. The van der Waals surface area contributed by atoms with E-state index in [1.165, 1.54) is 24.3 Å². The van der Waals surface area contributed by atoms with Crippen LogP contribution in [0.4, 0.5) is 15.8 Å². The lowest BCUT2D eigenvalue weighted by Crippen LogP contribution is -2.34. The number of nitrogens with zero attached hydrogens (tertiary/aromatic N) is 2. The van der Waals surface area contributed by atoms with Crippen LogP contribution in [-0.4, -0.2) is 26.0 Å². The third-order valence-electron chi connectivity index (χ3n) is 4.98. The summed E-state index contributed by atoms with van der Waals surface area (Å²) in [6, 6.07) is 21.6. The average Bonchev–Trinajstić information content (AvgIpc) is 3.04. The first kappa shape index (κ1) is 19.4. The number of imide groups is 1. The van der Waals surface area contributed by atoms with E-state index in [9.17, 15) is 14.0 Å². The minimum absolute atomic E-state index is 0.187. The van der Waals surface area contributed by atoms with Gasteiger partial charge in [-0.15, -0.1) is 0 Å². The first-order chi connectivity index (χ1) is 14.5. The Kier molecular flexibility index (Phi) is 5.06. The van der Waals surface area contributed by atoms with Crippen molar-refractivity contribution in [1.29, 1.82) is 0 Å². The Morgan fingerprint density at radius 3 is 2.20 bits per heavy atom. The number of rotatable bonds is 5. The molecule has 1 heterocycles. The molecule has 1 aliphatic heterocycles. The molecule has 0 aromatic heterocycles. The Hall–Kier alpha value is -3.93. The molecule has 1 aliphatic rings. The van der Waals surface area contributed by atoms with Gasteiger partial charge in [0.15, 0.2) is 0 Å². The molecule has 0 N–H and O–H groups in total. The van der Waals surface area contributed by atoms with Gasteiger partial charge in [-0.2, -0.15) is 0 Å². The number of hydrogen-bond donors (Lipinski definition) is 0. The first-order valence-electron chi connectivity index (χ1n) is 9.33. The van der Waals surface area contributed by atoms with Gasteiger partial charge >= 0.3 is 0 Å². The van der Waals surface area contributed by atoms with Crippen molar-refractivity contribution in [2.45, 2.75) is 0 Å². The molecule has 30 heavy (non-hydrogen) atoms. The summed E-state index contributed by atoms with van der Waals surface area (Å²) in [5.41, 5.74) is 1.98. The van der Waals surface area contributed by atoms with E-state index >= 15 is 0 Å². The number of anilines is 2. The van der Waals surface area contributed by atoms with Crippen LogP contribution in [0.1, 0.15) is 5.56 Å². The number of benzene rings is 3. The highest BCUT2D eigenvalue weighted by atomic mass is 19.1. The third kappa shape index (κ3) is 3.33. The van der Waals surface area contributed by atoms with Gasteiger partial charge in [0.1, 0.15) is 17.3 Å². The third-order valence-corrected chi connectivity index (χ3v) is 4.98. The van der Waals surface area contributed by atoms with Crippen LogP contribution in [0.2, 0.25) is 0 Å². The summed E-state index contributed by atoms with van der Waals surface area (Å²) in [7, 11) is 3.28. The lowest BCUT2D eigenvalue weighted by molar-refractivity contribution is -0.120. The van der Waals surface area contributed by atoms with E-state index in [0.29, 0.717) is 11.3 Å². The van der Waals surface area contributed by atoms with E-state index < -0.39 is 17.6 Å². The molecule has 3 aromatic carbocycles. The predicted molar refractivity (Wildman–Crippen MR) is 114 cm³/mol. The van der Waals surface area contributed by atoms with Crippen LogP contribution in [0.5, 0.6) is 5.75 Å². The molecule has 3 aromatic rings. The molecule has 2 amide bonds. The van der Waals surface area contributed by atoms with Gasteiger partial charge in [-0.25, -0.2) is 9.29 Å². The molecule has 5 nitrogen and oxygen atoms in total. The molecular weight excluding hydrogens is 383 g/mol. The smallest absolute Gasteiger partial charge is 0.282 e. The van der Waals surface area contributed by atoms with Gasteiger partial charge in [0.25, 0.3) is 11.8 Å². The van der Waals surface area contributed by atoms with Crippen molar-refractivity contribution in [3.8, 4) is 5.75 Å². The summed E-state index contributed by atoms with van der Waals surface area (Å²) >= 11 is 0. The van der Waals surface area contributed by atoms with E-state index in [0.717, 1.165) is 10.6 Å². The fraction of sp³-hybridized carbons (Fsp3) is 0.0833. The molecule has 4 rings (SSSR count). The monoisotopic (exact) mass is 402 g/mol. The average molecular weight is 402 g/mol. The largest absolute Gasteiger partial charge is 0.497 e. The number of likely N-dealkylation sites (N-methyl/N-ethyl adjacent to an activating group) is 1. The first-order valence-corrected chi connectivity index (χ1v) is 9.33. The highest BCUT2D eigenvalue weighted by Crippen LogP contribution is 2.36. The fourth-order valence-corrected chi connectivity index (χ4v) is 3.48. The summed E-state index contributed by atoms with van der Waals surface area (Å²) in [5.74, 6) is -0.906. The normalized spacial score (nSPS) is 13.8. The number of carbonyl (C=O) groups excluding carboxylic acids is 2. The SMILES string of the molecule is COc1ccc(C2=C(N(C)c3ccccc3)C(=O)N(c3cccc(F)c3)C2=O)cc1. The Labute approximate surface area is 173 Å². The molecule has 0 saturated carbocycles. The summed E-state index contributed by atoms with van der Waals surface area (Å²) in [4.78, 5) is 29.5. The van der Waals surface area contributed by atoms with Gasteiger partial charge < -0.3 is 9.64 Å². The summed E-state index contributed by atoms with van der Waals surface area (Å²) in [6.07, 6.45) is 0. The van der Waals surface area contributed by atoms with Crippen LogP contribution in [0.15, 0.2) is 84.6 Å².